The Morgan fingerprint density at radius 2 is 2.04 bits per heavy atom. The smallest absolute Gasteiger partial charge is 0.410 e. The minimum atomic E-state index is -0.301. The fourth-order valence-corrected chi connectivity index (χ4v) is 3.50. The van der Waals surface area contributed by atoms with E-state index in [2.05, 4.69) is 19.2 Å². The second-order valence-corrected chi connectivity index (χ2v) is 5.78. The van der Waals surface area contributed by atoms with Crippen LogP contribution in [0.2, 0.25) is 0 Å². The Hall–Kier alpha value is -1.95. The summed E-state index contributed by atoms with van der Waals surface area (Å²) in [6.45, 7) is 6.36. The molecule has 0 saturated carbocycles. The van der Waals surface area contributed by atoms with Gasteiger partial charge in [0.2, 0.25) is 0 Å². The van der Waals surface area contributed by atoms with Crippen molar-refractivity contribution in [2.45, 2.75) is 39.3 Å². The summed E-state index contributed by atoms with van der Waals surface area (Å²) in [6, 6.07) is 1.95. The van der Waals surface area contributed by atoms with E-state index in [1.807, 2.05) is 6.07 Å². The van der Waals surface area contributed by atoms with Crippen molar-refractivity contribution < 1.29 is 19.0 Å². The van der Waals surface area contributed by atoms with Gasteiger partial charge in [-0.25, -0.2) is 4.79 Å². The standard InChI is InChI=1S/C18H28N2O4/c1-6-14-16-13(8-9-20(14)18(21)24-5)17(23-4)12(11-19-7-2)10-15(16)22-3/h10,14,19H,6-9,11H2,1-5H3. The molecule has 0 aliphatic carbocycles. The average molecular weight is 336 g/mol. The number of benzene rings is 1. The Morgan fingerprint density at radius 3 is 2.58 bits per heavy atom. The van der Waals surface area contributed by atoms with Crippen molar-refractivity contribution in [3.05, 3.63) is 22.8 Å². The van der Waals surface area contributed by atoms with Gasteiger partial charge in [0.15, 0.2) is 0 Å². The van der Waals surface area contributed by atoms with E-state index < -0.39 is 0 Å². The van der Waals surface area contributed by atoms with Gasteiger partial charge in [-0.3, -0.25) is 0 Å². The zero-order valence-electron chi connectivity index (χ0n) is 15.3. The van der Waals surface area contributed by atoms with Crippen LogP contribution >= 0.6 is 0 Å². The molecule has 1 amide bonds. The summed E-state index contributed by atoms with van der Waals surface area (Å²) in [5.74, 6) is 1.70. The lowest BCUT2D eigenvalue weighted by atomic mass is 9.87. The van der Waals surface area contributed by atoms with E-state index in [9.17, 15) is 4.79 Å². The minimum Gasteiger partial charge on any atom is -0.496 e. The molecule has 0 bridgehead atoms. The molecule has 6 nitrogen and oxygen atoms in total. The first-order valence-electron chi connectivity index (χ1n) is 8.44. The Kier molecular flexibility index (Phi) is 6.31. The van der Waals surface area contributed by atoms with Crippen LogP contribution < -0.4 is 14.8 Å². The van der Waals surface area contributed by atoms with Crippen molar-refractivity contribution in [3.63, 3.8) is 0 Å². The lowest BCUT2D eigenvalue weighted by molar-refractivity contribution is 0.0983. The summed E-state index contributed by atoms with van der Waals surface area (Å²) in [4.78, 5) is 13.9. The predicted molar refractivity (Wildman–Crippen MR) is 92.8 cm³/mol. The van der Waals surface area contributed by atoms with Crippen LogP contribution in [0.3, 0.4) is 0 Å². The Morgan fingerprint density at radius 1 is 1.29 bits per heavy atom. The molecule has 6 heteroatoms. The number of methoxy groups -OCH3 is 3. The molecule has 24 heavy (non-hydrogen) atoms. The number of carbonyl (C=O) groups is 1. The Balaban J connectivity index is 2.57. The van der Waals surface area contributed by atoms with Crippen molar-refractivity contribution in [3.8, 4) is 11.5 Å². The van der Waals surface area contributed by atoms with Gasteiger partial charge in [0, 0.05) is 29.8 Å². The molecule has 1 heterocycles. The summed E-state index contributed by atoms with van der Waals surface area (Å²) >= 11 is 0. The van der Waals surface area contributed by atoms with E-state index >= 15 is 0 Å². The quantitative estimate of drug-likeness (QED) is 0.865. The first kappa shape index (κ1) is 18.4. The van der Waals surface area contributed by atoms with Gasteiger partial charge in [0.05, 0.1) is 27.4 Å². The number of nitrogens with one attached hydrogen (secondary N) is 1. The highest BCUT2D eigenvalue weighted by Crippen LogP contribution is 2.44. The third-order valence-electron chi connectivity index (χ3n) is 4.56. The van der Waals surface area contributed by atoms with Crippen LogP contribution in [0, 0.1) is 0 Å². The molecule has 0 fully saturated rings. The molecule has 0 aromatic heterocycles. The van der Waals surface area contributed by atoms with E-state index in [4.69, 9.17) is 14.2 Å². The highest BCUT2D eigenvalue weighted by Gasteiger charge is 2.35. The number of rotatable bonds is 6. The molecular weight excluding hydrogens is 308 g/mol. The van der Waals surface area contributed by atoms with Gasteiger partial charge >= 0.3 is 6.09 Å². The molecule has 1 atom stereocenters. The number of fused-ring (bicyclic) bond motifs is 1. The van der Waals surface area contributed by atoms with E-state index in [0.717, 1.165) is 54.1 Å². The van der Waals surface area contributed by atoms with Crippen LogP contribution in [-0.2, 0) is 17.7 Å². The van der Waals surface area contributed by atoms with Crippen molar-refractivity contribution in [2.75, 3.05) is 34.4 Å². The minimum absolute atomic E-state index is 0.0711. The first-order valence-corrected chi connectivity index (χ1v) is 8.44. The summed E-state index contributed by atoms with van der Waals surface area (Å²) in [6.07, 6.45) is 1.21. The van der Waals surface area contributed by atoms with E-state index in [-0.39, 0.29) is 12.1 Å². The highest BCUT2D eigenvalue weighted by atomic mass is 16.5. The summed E-state index contributed by atoms with van der Waals surface area (Å²) in [5.41, 5.74) is 3.25. The zero-order valence-corrected chi connectivity index (χ0v) is 15.3. The third kappa shape index (κ3) is 3.29. The molecule has 1 unspecified atom stereocenters. The molecule has 1 aliphatic rings. The van der Waals surface area contributed by atoms with Gasteiger partial charge in [0.25, 0.3) is 0 Å². The number of carbonyl (C=O) groups excluding carboxylic acids is 1. The van der Waals surface area contributed by atoms with Crippen LogP contribution in [0.25, 0.3) is 0 Å². The molecule has 1 aromatic rings. The molecule has 0 saturated heterocycles. The van der Waals surface area contributed by atoms with E-state index in [0.29, 0.717) is 6.54 Å². The number of ether oxygens (including phenoxy) is 3. The molecule has 1 N–H and O–H groups in total. The van der Waals surface area contributed by atoms with E-state index in [1.165, 1.54) is 7.11 Å². The summed E-state index contributed by atoms with van der Waals surface area (Å²) < 4.78 is 16.3. The Bertz CT molecular complexity index is 589. The van der Waals surface area contributed by atoms with Gasteiger partial charge in [-0.2, -0.15) is 0 Å². The van der Waals surface area contributed by atoms with Gasteiger partial charge in [-0.15, -0.1) is 0 Å². The molecule has 134 valence electrons. The van der Waals surface area contributed by atoms with Crippen molar-refractivity contribution >= 4 is 6.09 Å². The van der Waals surface area contributed by atoms with Crippen molar-refractivity contribution in [2.24, 2.45) is 0 Å². The zero-order chi connectivity index (χ0) is 17.7. The average Bonchev–Trinajstić information content (AvgIpc) is 2.63. The maximum atomic E-state index is 12.1. The second kappa shape index (κ2) is 8.24. The van der Waals surface area contributed by atoms with Crippen LogP contribution in [0.1, 0.15) is 43.0 Å². The summed E-state index contributed by atoms with van der Waals surface area (Å²) in [7, 11) is 4.79. The fraction of sp³-hybridized carbons (Fsp3) is 0.611. The topological polar surface area (TPSA) is 60.0 Å². The lowest BCUT2D eigenvalue weighted by Gasteiger charge is -2.37. The van der Waals surface area contributed by atoms with Crippen LogP contribution in [0.15, 0.2) is 6.07 Å². The maximum Gasteiger partial charge on any atom is 0.410 e. The van der Waals surface area contributed by atoms with Crippen LogP contribution in [0.4, 0.5) is 4.79 Å². The van der Waals surface area contributed by atoms with Gasteiger partial charge in [0.1, 0.15) is 11.5 Å². The highest BCUT2D eigenvalue weighted by molar-refractivity contribution is 5.70. The van der Waals surface area contributed by atoms with Gasteiger partial charge in [-0.05, 0) is 25.5 Å². The van der Waals surface area contributed by atoms with Gasteiger partial charge in [-0.1, -0.05) is 13.8 Å². The van der Waals surface area contributed by atoms with Crippen LogP contribution in [-0.4, -0.2) is 45.4 Å². The van der Waals surface area contributed by atoms with Crippen molar-refractivity contribution in [1.82, 2.24) is 10.2 Å². The van der Waals surface area contributed by atoms with E-state index in [1.54, 1.807) is 19.1 Å². The number of hydrogen-bond acceptors (Lipinski definition) is 5. The number of nitrogens with zero attached hydrogens (tertiary/aromatic N) is 1. The molecule has 1 aromatic carbocycles. The molecule has 0 spiro atoms. The molecule has 1 aliphatic heterocycles. The normalized spacial score (nSPS) is 16.5. The monoisotopic (exact) mass is 336 g/mol. The maximum absolute atomic E-state index is 12.1. The van der Waals surface area contributed by atoms with Gasteiger partial charge < -0.3 is 24.4 Å². The van der Waals surface area contributed by atoms with Crippen molar-refractivity contribution in [1.29, 1.82) is 0 Å². The third-order valence-corrected chi connectivity index (χ3v) is 4.56. The second-order valence-electron chi connectivity index (χ2n) is 5.78. The molecule has 2 rings (SSSR count). The largest absolute Gasteiger partial charge is 0.496 e. The van der Waals surface area contributed by atoms with Crippen LogP contribution in [0.5, 0.6) is 11.5 Å². The molecular formula is C18H28N2O4. The first-order chi connectivity index (χ1) is 11.6. The number of hydrogen-bond donors (Lipinski definition) is 1. The predicted octanol–water partition coefficient (Wildman–Crippen LogP) is 2.89. The lowest BCUT2D eigenvalue weighted by Crippen LogP contribution is -2.40. The fourth-order valence-electron chi connectivity index (χ4n) is 3.50. The molecule has 0 radical (unpaired) electrons. The SMILES string of the molecule is CCNCc1cc(OC)c2c(c1OC)CCN(C(=O)OC)C2CC. The Labute approximate surface area is 144 Å². The number of amides is 1. The summed E-state index contributed by atoms with van der Waals surface area (Å²) in [5, 5.41) is 3.34.